The second-order valence-electron chi connectivity index (χ2n) is 4.39. The van der Waals surface area contributed by atoms with E-state index in [1.165, 1.54) is 17.8 Å². The van der Waals surface area contributed by atoms with Crippen molar-refractivity contribution in [1.82, 2.24) is 9.97 Å². The highest BCUT2D eigenvalue weighted by Gasteiger charge is 2.13. The van der Waals surface area contributed by atoms with Gasteiger partial charge in [0.1, 0.15) is 5.02 Å². The number of aromatic amines is 1. The van der Waals surface area contributed by atoms with E-state index >= 15 is 0 Å². The van der Waals surface area contributed by atoms with E-state index in [0.29, 0.717) is 5.75 Å². The Morgan fingerprint density at radius 3 is 2.86 bits per heavy atom. The first-order valence-electron chi connectivity index (χ1n) is 6.14. The van der Waals surface area contributed by atoms with Crippen LogP contribution in [0.3, 0.4) is 0 Å². The lowest BCUT2D eigenvalue weighted by atomic mass is 10.2. The van der Waals surface area contributed by atoms with E-state index < -0.39 is 4.92 Å². The van der Waals surface area contributed by atoms with Crippen molar-refractivity contribution in [3.63, 3.8) is 0 Å². The standard InChI is InChI=1S/C14H10ClN3O2S/c15-10-6-5-9(7-13(10)18(19)20)8-21-14-16-11-3-1-2-4-12(11)17-14/h1-7H,8H2,(H,16,17). The van der Waals surface area contributed by atoms with Crippen LogP contribution < -0.4 is 0 Å². The topological polar surface area (TPSA) is 71.8 Å². The zero-order valence-electron chi connectivity index (χ0n) is 10.7. The number of hydrogen-bond donors (Lipinski definition) is 1. The molecule has 7 heteroatoms. The number of thioether (sulfide) groups is 1. The maximum Gasteiger partial charge on any atom is 0.288 e. The first-order chi connectivity index (χ1) is 10.1. The van der Waals surface area contributed by atoms with Crippen LogP contribution in [0.2, 0.25) is 5.02 Å². The van der Waals surface area contributed by atoms with E-state index in [-0.39, 0.29) is 10.7 Å². The Morgan fingerprint density at radius 2 is 2.10 bits per heavy atom. The second-order valence-corrected chi connectivity index (χ2v) is 5.76. The normalized spacial score (nSPS) is 10.9. The minimum absolute atomic E-state index is 0.0700. The van der Waals surface area contributed by atoms with Crippen molar-refractivity contribution >= 4 is 40.1 Å². The molecular formula is C14H10ClN3O2S. The quantitative estimate of drug-likeness (QED) is 0.439. The van der Waals surface area contributed by atoms with E-state index in [9.17, 15) is 10.1 Å². The van der Waals surface area contributed by atoms with Crippen LogP contribution in [0.4, 0.5) is 5.69 Å². The van der Waals surface area contributed by atoms with Gasteiger partial charge in [-0.3, -0.25) is 10.1 Å². The lowest BCUT2D eigenvalue weighted by Crippen LogP contribution is -1.91. The Kier molecular flexibility index (Phi) is 3.81. The number of rotatable bonds is 4. The molecule has 0 spiro atoms. The fraction of sp³-hybridized carbons (Fsp3) is 0.0714. The summed E-state index contributed by atoms with van der Waals surface area (Å²) in [4.78, 5) is 18.0. The molecule has 0 aliphatic rings. The smallest absolute Gasteiger partial charge is 0.288 e. The molecule has 1 heterocycles. The largest absolute Gasteiger partial charge is 0.333 e. The highest BCUT2D eigenvalue weighted by atomic mass is 35.5. The Balaban J connectivity index is 1.78. The molecule has 0 unspecified atom stereocenters. The lowest BCUT2D eigenvalue weighted by Gasteiger charge is -2.01. The predicted molar refractivity (Wildman–Crippen MR) is 83.8 cm³/mol. The highest BCUT2D eigenvalue weighted by molar-refractivity contribution is 7.98. The molecule has 0 saturated carbocycles. The summed E-state index contributed by atoms with van der Waals surface area (Å²) in [6, 6.07) is 12.6. The number of imidazole rings is 1. The van der Waals surface area contributed by atoms with Gasteiger partial charge in [-0.2, -0.15) is 0 Å². The zero-order chi connectivity index (χ0) is 14.8. The molecule has 2 aromatic carbocycles. The number of halogens is 1. The molecule has 1 N–H and O–H groups in total. The van der Waals surface area contributed by atoms with Crippen LogP contribution in [-0.2, 0) is 5.75 Å². The van der Waals surface area contributed by atoms with Crippen LogP contribution in [0.25, 0.3) is 11.0 Å². The molecule has 21 heavy (non-hydrogen) atoms. The SMILES string of the molecule is O=[N+]([O-])c1cc(CSc2nc3ccccc3[nH]2)ccc1Cl. The number of benzene rings is 2. The van der Waals surface area contributed by atoms with Crippen molar-refractivity contribution in [2.24, 2.45) is 0 Å². The summed E-state index contributed by atoms with van der Waals surface area (Å²) in [5.74, 6) is 0.581. The van der Waals surface area contributed by atoms with Gasteiger partial charge in [-0.1, -0.05) is 41.6 Å². The molecule has 3 aromatic rings. The summed E-state index contributed by atoms with van der Waals surface area (Å²) >= 11 is 7.29. The Labute approximate surface area is 129 Å². The number of nitro benzene ring substituents is 1. The van der Waals surface area contributed by atoms with Crippen LogP contribution >= 0.6 is 23.4 Å². The summed E-state index contributed by atoms with van der Waals surface area (Å²) in [5, 5.41) is 11.8. The first-order valence-corrected chi connectivity index (χ1v) is 7.50. The molecule has 0 saturated heterocycles. The molecule has 3 rings (SSSR count). The molecule has 0 aliphatic carbocycles. The van der Waals surface area contributed by atoms with Gasteiger partial charge in [0.25, 0.3) is 5.69 Å². The number of hydrogen-bond acceptors (Lipinski definition) is 4. The molecular weight excluding hydrogens is 310 g/mol. The van der Waals surface area contributed by atoms with E-state index in [1.54, 1.807) is 12.1 Å². The van der Waals surface area contributed by atoms with Gasteiger partial charge >= 0.3 is 0 Å². The fourth-order valence-corrected chi connectivity index (χ4v) is 2.95. The van der Waals surface area contributed by atoms with Crippen LogP contribution in [0.5, 0.6) is 0 Å². The first kappa shape index (κ1) is 13.9. The predicted octanol–water partition coefficient (Wildman–Crippen LogP) is 4.42. The summed E-state index contributed by atoms with van der Waals surface area (Å²) in [6.45, 7) is 0. The number of nitrogens with one attached hydrogen (secondary N) is 1. The minimum Gasteiger partial charge on any atom is -0.333 e. The number of H-pyrrole nitrogens is 1. The van der Waals surface area contributed by atoms with Crippen molar-refractivity contribution in [1.29, 1.82) is 0 Å². The number of nitrogens with zero attached hydrogens (tertiary/aromatic N) is 2. The average Bonchev–Trinajstić information content (AvgIpc) is 2.89. The van der Waals surface area contributed by atoms with Crippen LogP contribution in [0, 0.1) is 10.1 Å². The number of para-hydroxylation sites is 2. The Morgan fingerprint density at radius 1 is 1.29 bits per heavy atom. The number of fused-ring (bicyclic) bond motifs is 1. The maximum absolute atomic E-state index is 10.9. The van der Waals surface area contributed by atoms with E-state index in [2.05, 4.69) is 9.97 Å². The summed E-state index contributed by atoms with van der Waals surface area (Å²) in [5.41, 5.74) is 2.64. The van der Waals surface area contributed by atoms with Gasteiger partial charge in [0.2, 0.25) is 0 Å². The van der Waals surface area contributed by atoms with Gasteiger partial charge in [0.15, 0.2) is 5.16 Å². The third-order valence-corrected chi connectivity index (χ3v) is 4.21. The lowest BCUT2D eigenvalue weighted by molar-refractivity contribution is -0.384. The summed E-state index contributed by atoms with van der Waals surface area (Å²) < 4.78 is 0. The monoisotopic (exact) mass is 319 g/mol. The molecule has 0 amide bonds. The van der Waals surface area contributed by atoms with Gasteiger partial charge in [-0.05, 0) is 23.8 Å². The fourth-order valence-electron chi connectivity index (χ4n) is 1.94. The molecule has 0 bridgehead atoms. The summed E-state index contributed by atoms with van der Waals surface area (Å²) in [6.07, 6.45) is 0. The molecule has 1 aromatic heterocycles. The van der Waals surface area contributed by atoms with Crippen molar-refractivity contribution in [3.8, 4) is 0 Å². The van der Waals surface area contributed by atoms with E-state index in [4.69, 9.17) is 11.6 Å². The molecule has 5 nitrogen and oxygen atoms in total. The third kappa shape index (κ3) is 3.01. The molecule has 0 fully saturated rings. The van der Waals surface area contributed by atoms with E-state index in [1.807, 2.05) is 24.3 Å². The van der Waals surface area contributed by atoms with Crippen molar-refractivity contribution in [2.45, 2.75) is 10.9 Å². The Bertz CT molecular complexity index is 786. The number of nitro groups is 1. The highest BCUT2D eigenvalue weighted by Crippen LogP contribution is 2.28. The van der Waals surface area contributed by atoms with Crippen LogP contribution in [-0.4, -0.2) is 14.9 Å². The van der Waals surface area contributed by atoms with E-state index in [0.717, 1.165) is 21.8 Å². The van der Waals surface area contributed by atoms with Gasteiger partial charge < -0.3 is 4.98 Å². The van der Waals surface area contributed by atoms with Crippen molar-refractivity contribution in [2.75, 3.05) is 0 Å². The molecule has 0 atom stereocenters. The Hall–Kier alpha value is -2.05. The second kappa shape index (κ2) is 5.75. The average molecular weight is 320 g/mol. The van der Waals surface area contributed by atoms with Crippen molar-refractivity contribution in [3.05, 3.63) is 63.2 Å². The third-order valence-electron chi connectivity index (χ3n) is 2.95. The van der Waals surface area contributed by atoms with Crippen LogP contribution in [0.1, 0.15) is 5.56 Å². The maximum atomic E-state index is 10.9. The summed E-state index contributed by atoms with van der Waals surface area (Å²) in [7, 11) is 0. The molecule has 0 aliphatic heterocycles. The van der Waals surface area contributed by atoms with Gasteiger partial charge in [-0.25, -0.2) is 4.98 Å². The van der Waals surface area contributed by atoms with Gasteiger partial charge in [0.05, 0.1) is 16.0 Å². The number of aromatic nitrogens is 2. The molecule has 0 radical (unpaired) electrons. The molecule has 106 valence electrons. The minimum atomic E-state index is -0.475. The van der Waals surface area contributed by atoms with Gasteiger partial charge in [-0.15, -0.1) is 0 Å². The zero-order valence-corrected chi connectivity index (χ0v) is 12.3. The van der Waals surface area contributed by atoms with Crippen LogP contribution in [0.15, 0.2) is 47.6 Å². The van der Waals surface area contributed by atoms with Gasteiger partial charge in [0, 0.05) is 11.8 Å². The van der Waals surface area contributed by atoms with Crippen molar-refractivity contribution < 1.29 is 4.92 Å².